The molecule has 0 saturated heterocycles. The minimum absolute atomic E-state index is 0.244. The van der Waals surface area contributed by atoms with Crippen LogP contribution >= 0.6 is 11.3 Å². The van der Waals surface area contributed by atoms with Crippen LogP contribution in [0.3, 0.4) is 0 Å². The molecule has 0 unspecified atom stereocenters. The minimum Gasteiger partial charge on any atom is -0.487 e. The number of nitrogens with zero attached hydrogens (tertiary/aromatic N) is 4. The monoisotopic (exact) mass is 409 g/mol. The van der Waals surface area contributed by atoms with E-state index in [4.69, 9.17) is 4.74 Å². The van der Waals surface area contributed by atoms with Crippen LogP contribution < -0.4 is 10.1 Å². The van der Waals surface area contributed by atoms with Gasteiger partial charge in [0.05, 0.1) is 10.7 Å². The highest BCUT2D eigenvalue weighted by molar-refractivity contribution is 7.09. The summed E-state index contributed by atoms with van der Waals surface area (Å²) in [4.78, 5) is 20.7. The molecule has 0 saturated carbocycles. The Bertz CT molecular complexity index is 1140. The fourth-order valence-electron chi connectivity index (χ4n) is 2.67. The highest BCUT2D eigenvalue weighted by Crippen LogP contribution is 2.20. The smallest absolute Gasteiger partial charge is 0.255 e. The lowest BCUT2D eigenvalue weighted by Gasteiger charge is -2.09. The van der Waals surface area contributed by atoms with Crippen molar-refractivity contribution in [3.63, 3.8) is 0 Å². The van der Waals surface area contributed by atoms with Gasteiger partial charge in [-0.2, -0.15) is 5.10 Å². The van der Waals surface area contributed by atoms with Crippen LogP contribution in [0.15, 0.2) is 60.5 Å². The molecule has 1 amide bonds. The first kappa shape index (κ1) is 18.8. The average molecular weight is 409 g/mol. The van der Waals surface area contributed by atoms with Crippen molar-refractivity contribution in [2.75, 3.05) is 5.32 Å². The molecular weight excluding hydrogens is 393 g/mol. The lowest BCUT2D eigenvalue weighted by atomic mass is 10.2. The maximum absolute atomic E-state index is 14.3. The molecule has 0 spiro atoms. The third kappa shape index (κ3) is 4.46. The summed E-state index contributed by atoms with van der Waals surface area (Å²) in [6.07, 6.45) is 2.72. The molecule has 7 nitrogen and oxygen atoms in total. The van der Waals surface area contributed by atoms with Crippen molar-refractivity contribution in [3.05, 3.63) is 82.6 Å². The zero-order valence-corrected chi connectivity index (χ0v) is 16.2. The van der Waals surface area contributed by atoms with E-state index in [2.05, 4.69) is 20.4 Å². The normalized spacial score (nSPS) is 10.7. The van der Waals surface area contributed by atoms with Gasteiger partial charge in [-0.1, -0.05) is 6.07 Å². The zero-order valence-electron chi connectivity index (χ0n) is 15.4. The highest BCUT2D eigenvalue weighted by atomic mass is 32.1. The van der Waals surface area contributed by atoms with Gasteiger partial charge in [-0.25, -0.2) is 19.0 Å². The number of thiazole rings is 1. The molecule has 0 aliphatic carbocycles. The lowest BCUT2D eigenvalue weighted by molar-refractivity contribution is 0.102. The van der Waals surface area contributed by atoms with Crippen molar-refractivity contribution >= 4 is 22.9 Å². The minimum atomic E-state index is -0.524. The van der Waals surface area contributed by atoms with E-state index in [1.165, 1.54) is 29.5 Å². The van der Waals surface area contributed by atoms with E-state index >= 15 is 0 Å². The van der Waals surface area contributed by atoms with Crippen molar-refractivity contribution < 1.29 is 13.9 Å². The van der Waals surface area contributed by atoms with Crippen molar-refractivity contribution in [1.82, 2.24) is 19.7 Å². The zero-order chi connectivity index (χ0) is 20.2. The average Bonchev–Trinajstić information content (AvgIpc) is 3.39. The first-order valence-electron chi connectivity index (χ1n) is 8.68. The Morgan fingerprint density at radius 2 is 2.17 bits per heavy atom. The van der Waals surface area contributed by atoms with Gasteiger partial charge in [-0.15, -0.1) is 11.3 Å². The number of carbonyl (C=O) groups excluding carboxylic acids is 1. The molecule has 0 radical (unpaired) electrons. The van der Waals surface area contributed by atoms with Crippen LogP contribution in [0.4, 0.5) is 10.1 Å². The molecule has 9 heteroatoms. The van der Waals surface area contributed by atoms with E-state index in [-0.39, 0.29) is 11.6 Å². The molecule has 0 aliphatic heterocycles. The summed E-state index contributed by atoms with van der Waals surface area (Å²) < 4.78 is 21.4. The van der Waals surface area contributed by atoms with E-state index in [0.29, 0.717) is 23.6 Å². The molecule has 0 fully saturated rings. The number of carbonyl (C=O) groups is 1. The molecule has 0 bridgehead atoms. The van der Waals surface area contributed by atoms with Crippen LogP contribution in [0.5, 0.6) is 5.75 Å². The second-order valence-electron chi connectivity index (χ2n) is 6.13. The third-order valence-corrected chi connectivity index (χ3v) is 4.84. The summed E-state index contributed by atoms with van der Waals surface area (Å²) >= 11 is 1.56. The van der Waals surface area contributed by atoms with Gasteiger partial charge in [0, 0.05) is 16.6 Å². The Morgan fingerprint density at radius 1 is 1.28 bits per heavy atom. The van der Waals surface area contributed by atoms with E-state index in [1.54, 1.807) is 41.7 Å². The van der Waals surface area contributed by atoms with Crippen molar-refractivity contribution in [2.45, 2.75) is 13.5 Å². The topological polar surface area (TPSA) is 81.9 Å². The maximum atomic E-state index is 14.3. The van der Waals surface area contributed by atoms with E-state index in [9.17, 15) is 9.18 Å². The molecule has 4 aromatic rings. The molecule has 29 heavy (non-hydrogen) atoms. The van der Waals surface area contributed by atoms with E-state index < -0.39 is 5.82 Å². The summed E-state index contributed by atoms with van der Waals surface area (Å²) in [5, 5.41) is 9.49. The Hall–Kier alpha value is -3.59. The number of hydrogen-bond acceptors (Lipinski definition) is 6. The summed E-state index contributed by atoms with van der Waals surface area (Å²) in [6.45, 7) is 2.25. The molecule has 0 aliphatic rings. The van der Waals surface area contributed by atoms with Gasteiger partial charge in [0.2, 0.25) is 0 Å². The van der Waals surface area contributed by atoms with Crippen LogP contribution in [0, 0.1) is 12.7 Å². The summed E-state index contributed by atoms with van der Waals surface area (Å²) in [6, 6.07) is 11.1. The third-order valence-electron chi connectivity index (χ3n) is 4.02. The first-order chi connectivity index (χ1) is 14.1. The van der Waals surface area contributed by atoms with Crippen LogP contribution in [-0.4, -0.2) is 25.7 Å². The van der Waals surface area contributed by atoms with Crippen LogP contribution in [0.25, 0.3) is 5.69 Å². The van der Waals surface area contributed by atoms with Crippen LogP contribution in [-0.2, 0) is 6.61 Å². The largest absolute Gasteiger partial charge is 0.487 e. The predicted molar refractivity (Wildman–Crippen MR) is 107 cm³/mol. The predicted octanol–water partition coefficient (Wildman–Crippen LogP) is 4.00. The molecule has 2 aromatic carbocycles. The number of ether oxygens (including phenoxy) is 1. The van der Waals surface area contributed by atoms with Gasteiger partial charge in [0.15, 0.2) is 5.82 Å². The molecule has 4 rings (SSSR count). The summed E-state index contributed by atoms with van der Waals surface area (Å²) in [7, 11) is 0. The number of halogens is 1. The summed E-state index contributed by atoms with van der Waals surface area (Å²) in [5.74, 6) is -0.340. The molecule has 2 aromatic heterocycles. The fraction of sp³-hybridized carbons (Fsp3) is 0.100. The van der Waals surface area contributed by atoms with Gasteiger partial charge in [-0.3, -0.25) is 4.79 Å². The Morgan fingerprint density at radius 3 is 2.90 bits per heavy atom. The molecule has 0 atom stereocenters. The van der Waals surface area contributed by atoms with Gasteiger partial charge in [-0.05, 0) is 43.3 Å². The number of aromatic nitrogens is 4. The second kappa shape index (κ2) is 8.19. The Kier molecular flexibility index (Phi) is 5.30. The van der Waals surface area contributed by atoms with Gasteiger partial charge < -0.3 is 10.1 Å². The van der Waals surface area contributed by atoms with Gasteiger partial charge >= 0.3 is 0 Å². The standard InChI is InChI=1S/C20H16FN5O2S/c1-13-24-16(10-29-13)9-28-17-4-2-3-14(7-17)20(27)25-15-5-6-19(18(21)8-15)26-12-22-11-23-26/h2-8,10-12H,9H2,1H3,(H,25,27). The number of hydrogen-bond donors (Lipinski definition) is 1. The van der Waals surface area contributed by atoms with Crippen molar-refractivity contribution in [3.8, 4) is 11.4 Å². The second-order valence-corrected chi connectivity index (χ2v) is 7.20. The SMILES string of the molecule is Cc1nc(COc2cccc(C(=O)Nc3ccc(-n4cncn4)c(F)c3)c2)cs1. The maximum Gasteiger partial charge on any atom is 0.255 e. The van der Waals surface area contributed by atoms with E-state index in [0.717, 1.165) is 10.7 Å². The number of amides is 1. The lowest BCUT2D eigenvalue weighted by Crippen LogP contribution is -2.12. The van der Waals surface area contributed by atoms with Gasteiger partial charge in [0.25, 0.3) is 5.91 Å². The van der Waals surface area contributed by atoms with Crippen LogP contribution in [0.2, 0.25) is 0 Å². The number of aryl methyl sites for hydroxylation is 1. The van der Waals surface area contributed by atoms with Gasteiger partial charge in [0.1, 0.15) is 30.7 Å². The number of nitrogens with one attached hydrogen (secondary N) is 1. The molecule has 146 valence electrons. The molecular formula is C20H16FN5O2S. The number of rotatable bonds is 6. The van der Waals surface area contributed by atoms with E-state index in [1.807, 2.05) is 12.3 Å². The quantitative estimate of drug-likeness (QED) is 0.520. The first-order valence-corrected chi connectivity index (χ1v) is 9.56. The number of anilines is 1. The highest BCUT2D eigenvalue weighted by Gasteiger charge is 2.11. The molecule has 2 heterocycles. The van der Waals surface area contributed by atoms with Crippen LogP contribution in [0.1, 0.15) is 21.1 Å². The molecule has 1 N–H and O–H groups in total. The Labute approximate surface area is 169 Å². The number of benzene rings is 2. The Balaban J connectivity index is 1.43. The van der Waals surface area contributed by atoms with Crippen molar-refractivity contribution in [1.29, 1.82) is 0 Å². The summed E-state index contributed by atoms with van der Waals surface area (Å²) in [5.41, 5.74) is 1.82. The van der Waals surface area contributed by atoms with Crippen molar-refractivity contribution in [2.24, 2.45) is 0 Å². The fourth-order valence-corrected chi connectivity index (χ4v) is 3.26.